The van der Waals surface area contributed by atoms with Gasteiger partial charge < -0.3 is 9.47 Å². The summed E-state index contributed by atoms with van der Waals surface area (Å²) in [5.74, 6) is 0.896. The summed E-state index contributed by atoms with van der Waals surface area (Å²) in [4.78, 5) is 2.40. The summed E-state index contributed by atoms with van der Waals surface area (Å²) in [6, 6.07) is 0. The summed E-state index contributed by atoms with van der Waals surface area (Å²) in [6.07, 6.45) is 0. The lowest BCUT2D eigenvalue weighted by molar-refractivity contribution is 0.0687. The third kappa shape index (κ3) is 9.89. The molecule has 4 heteroatoms. The van der Waals surface area contributed by atoms with Gasteiger partial charge in [-0.1, -0.05) is 13.8 Å². The second-order valence-corrected chi connectivity index (χ2v) is 5.31. The van der Waals surface area contributed by atoms with Crippen LogP contribution in [0.1, 0.15) is 27.7 Å². The summed E-state index contributed by atoms with van der Waals surface area (Å²) in [6.45, 7) is 14.7. The Labute approximate surface area is 112 Å². The molecule has 0 heterocycles. The molecule has 0 aromatic rings. The Morgan fingerprint density at radius 1 is 1.00 bits per heavy atom. The van der Waals surface area contributed by atoms with Gasteiger partial charge >= 0.3 is 0 Å². The molecule has 17 heavy (non-hydrogen) atoms. The predicted octanol–water partition coefficient (Wildman–Crippen LogP) is 2.32. The highest BCUT2D eigenvalue weighted by atomic mass is 32.1. The molecule has 0 radical (unpaired) electrons. The molecule has 0 aromatic heterocycles. The van der Waals surface area contributed by atoms with Gasteiger partial charge in [0.1, 0.15) is 0 Å². The van der Waals surface area contributed by atoms with Crippen molar-refractivity contribution in [3.8, 4) is 0 Å². The Morgan fingerprint density at radius 2 is 1.47 bits per heavy atom. The molecule has 0 saturated carbocycles. The topological polar surface area (TPSA) is 21.7 Å². The molecule has 0 fully saturated rings. The Bertz CT molecular complexity index is 167. The van der Waals surface area contributed by atoms with E-state index in [2.05, 4.69) is 31.4 Å². The minimum absolute atomic E-state index is 0.238. The molecule has 0 unspecified atom stereocenters. The summed E-state index contributed by atoms with van der Waals surface area (Å²) in [5.41, 5.74) is 0.238. The zero-order chi connectivity index (χ0) is 13.1. The summed E-state index contributed by atoms with van der Waals surface area (Å²) >= 11 is 4.41. The third-order valence-electron chi connectivity index (χ3n) is 2.59. The van der Waals surface area contributed by atoms with Crippen molar-refractivity contribution >= 4 is 12.6 Å². The van der Waals surface area contributed by atoms with E-state index >= 15 is 0 Å². The Kier molecular flexibility index (Phi) is 10.3. The van der Waals surface area contributed by atoms with E-state index < -0.39 is 0 Å². The maximum atomic E-state index is 5.42. The summed E-state index contributed by atoms with van der Waals surface area (Å²) < 4.78 is 10.8. The number of thiol groups is 1. The molecule has 3 nitrogen and oxygen atoms in total. The number of hydrogen-bond donors (Lipinski definition) is 1. The molecule has 0 N–H and O–H groups in total. The minimum Gasteiger partial charge on any atom is -0.380 e. The van der Waals surface area contributed by atoms with Gasteiger partial charge in [-0.15, -0.1) is 0 Å². The molecule has 0 saturated heterocycles. The first-order chi connectivity index (χ1) is 8.05. The highest BCUT2D eigenvalue weighted by Gasteiger charge is 2.19. The lowest BCUT2D eigenvalue weighted by atomic mass is 9.95. The quantitative estimate of drug-likeness (QED) is 0.457. The van der Waals surface area contributed by atoms with Gasteiger partial charge in [0.15, 0.2) is 0 Å². The van der Waals surface area contributed by atoms with Crippen LogP contribution in [0.2, 0.25) is 0 Å². The largest absolute Gasteiger partial charge is 0.380 e. The molecule has 0 aliphatic heterocycles. The maximum absolute atomic E-state index is 5.42. The van der Waals surface area contributed by atoms with Crippen molar-refractivity contribution in [3.05, 3.63) is 0 Å². The highest BCUT2D eigenvalue weighted by Crippen LogP contribution is 2.18. The van der Waals surface area contributed by atoms with E-state index in [0.717, 1.165) is 51.8 Å². The Hall–Kier alpha value is 0.230. The predicted molar refractivity (Wildman–Crippen MR) is 77.1 cm³/mol. The van der Waals surface area contributed by atoms with Crippen molar-refractivity contribution in [2.75, 3.05) is 51.8 Å². The molecule has 0 aromatic carbocycles. The molecule has 104 valence electrons. The molecule has 0 rings (SSSR count). The van der Waals surface area contributed by atoms with Crippen molar-refractivity contribution in [1.82, 2.24) is 4.90 Å². The van der Waals surface area contributed by atoms with Gasteiger partial charge in [0.25, 0.3) is 0 Å². The van der Waals surface area contributed by atoms with Crippen molar-refractivity contribution < 1.29 is 9.47 Å². The molecule has 0 bridgehead atoms. The van der Waals surface area contributed by atoms with Crippen LogP contribution in [0.4, 0.5) is 0 Å². The number of nitrogens with zero attached hydrogens (tertiary/aromatic N) is 1. The summed E-state index contributed by atoms with van der Waals surface area (Å²) in [5, 5.41) is 0. The molecule has 0 atom stereocenters. The van der Waals surface area contributed by atoms with Crippen molar-refractivity contribution in [2.24, 2.45) is 5.41 Å². The second kappa shape index (κ2) is 10.2. The first kappa shape index (κ1) is 17.2. The Balaban J connectivity index is 4.00. The lowest BCUT2D eigenvalue weighted by Gasteiger charge is -2.31. The van der Waals surface area contributed by atoms with Gasteiger partial charge in [-0.25, -0.2) is 0 Å². The fourth-order valence-electron chi connectivity index (χ4n) is 1.60. The summed E-state index contributed by atoms with van der Waals surface area (Å²) in [7, 11) is 0. The maximum Gasteiger partial charge on any atom is 0.0593 e. The van der Waals surface area contributed by atoms with Crippen molar-refractivity contribution in [1.29, 1.82) is 0 Å². The average molecular weight is 263 g/mol. The molecule has 0 aliphatic carbocycles. The standard InChI is InChI=1S/C13H29NO2S/c1-5-15-9-7-14(8-10-16-6-2)11-13(3,4)12-17/h17H,5-12H2,1-4H3. The van der Waals surface area contributed by atoms with Gasteiger partial charge in [0.05, 0.1) is 13.2 Å². The van der Waals surface area contributed by atoms with Gasteiger partial charge in [-0.3, -0.25) is 4.90 Å². The van der Waals surface area contributed by atoms with Gasteiger partial charge in [-0.05, 0) is 25.0 Å². The van der Waals surface area contributed by atoms with Crippen LogP contribution < -0.4 is 0 Å². The van der Waals surface area contributed by atoms with Crippen LogP contribution in [0, 0.1) is 5.41 Å². The van der Waals surface area contributed by atoms with Crippen LogP contribution >= 0.6 is 12.6 Å². The van der Waals surface area contributed by atoms with Crippen LogP contribution in [0.15, 0.2) is 0 Å². The van der Waals surface area contributed by atoms with Crippen LogP contribution in [-0.4, -0.2) is 56.7 Å². The molecule has 0 aliphatic rings. The van der Waals surface area contributed by atoms with Crippen LogP contribution in [0.25, 0.3) is 0 Å². The van der Waals surface area contributed by atoms with Crippen LogP contribution in [-0.2, 0) is 9.47 Å². The third-order valence-corrected chi connectivity index (χ3v) is 3.45. The van der Waals surface area contributed by atoms with Crippen molar-refractivity contribution in [3.63, 3.8) is 0 Å². The van der Waals surface area contributed by atoms with E-state index in [1.807, 2.05) is 13.8 Å². The zero-order valence-corrected chi connectivity index (χ0v) is 12.8. The average Bonchev–Trinajstić information content (AvgIpc) is 2.29. The fourth-order valence-corrected chi connectivity index (χ4v) is 1.70. The van der Waals surface area contributed by atoms with E-state index in [0.29, 0.717) is 0 Å². The molecular formula is C13H29NO2S. The lowest BCUT2D eigenvalue weighted by Crippen LogP contribution is -2.39. The molecule has 0 amide bonds. The number of hydrogen-bond acceptors (Lipinski definition) is 4. The first-order valence-corrected chi connectivity index (χ1v) is 7.17. The zero-order valence-electron chi connectivity index (χ0n) is 11.9. The first-order valence-electron chi connectivity index (χ1n) is 6.54. The monoisotopic (exact) mass is 263 g/mol. The van der Waals surface area contributed by atoms with Gasteiger partial charge in [0, 0.05) is 32.8 Å². The van der Waals surface area contributed by atoms with Crippen molar-refractivity contribution in [2.45, 2.75) is 27.7 Å². The van der Waals surface area contributed by atoms with Gasteiger partial charge in [-0.2, -0.15) is 12.6 Å². The SMILES string of the molecule is CCOCCN(CCOCC)CC(C)(C)CS. The van der Waals surface area contributed by atoms with E-state index in [1.165, 1.54) is 0 Å². The molecular weight excluding hydrogens is 234 g/mol. The smallest absolute Gasteiger partial charge is 0.0593 e. The minimum atomic E-state index is 0.238. The number of rotatable bonds is 11. The van der Waals surface area contributed by atoms with E-state index in [-0.39, 0.29) is 5.41 Å². The highest BCUT2D eigenvalue weighted by molar-refractivity contribution is 7.80. The van der Waals surface area contributed by atoms with Crippen LogP contribution in [0.5, 0.6) is 0 Å². The van der Waals surface area contributed by atoms with Crippen LogP contribution in [0.3, 0.4) is 0 Å². The van der Waals surface area contributed by atoms with Gasteiger partial charge in [0.2, 0.25) is 0 Å². The number of ether oxygens (including phenoxy) is 2. The van der Waals surface area contributed by atoms with E-state index in [9.17, 15) is 0 Å². The fraction of sp³-hybridized carbons (Fsp3) is 1.00. The normalized spacial score (nSPS) is 12.4. The molecule has 0 spiro atoms. The van der Waals surface area contributed by atoms with E-state index in [4.69, 9.17) is 9.47 Å². The Morgan fingerprint density at radius 3 is 1.82 bits per heavy atom. The second-order valence-electron chi connectivity index (χ2n) is 4.99. The van der Waals surface area contributed by atoms with E-state index in [1.54, 1.807) is 0 Å².